The Kier molecular flexibility index (Phi) is 4.74. The Labute approximate surface area is 107 Å². The summed E-state index contributed by atoms with van der Waals surface area (Å²) in [6, 6.07) is 0. The maximum absolute atomic E-state index is 5.44. The first kappa shape index (κ1) is 12.2. The Bertz CT molecular complexity index is 179. The van der Waals surface area contributed by atoms with Gasteiger partial charge in [-0.3, -0.25) is 0 Å². The molecule has 0 amide bonds. The number of alkyl halides is 1. The third kappa shape index (κ3) is 3.32. The molecule has 0 heterocycles. The van der Waals surface area contributed by atoms with Crippen LogP contribution in [0.5, 0.6) is 0 Å². The fraction of sp³-hybridized carbons (Fsp3) is 1.00. The summed E-state index contributed by atoms with van der Waals surface area (Å²) in [6.07, 6.45) is 12.0. The van der Waals surface area contributed by atoms with Gasteiger partial charge in [0.2, 0.25) is 0 Å². The summed E-state index contributed by atoms with van der Waals surface area (Å²) in [7, 11) is 1.87. The lowest BCUT2D eigenvalue weighted by molar-refractivity contribution is 0.0422. The van der Waals surface area contributed by atoms with Crippen molar-refractivity contribution in [2.75, 3.05) is 7.11 Å². The van der Waals surface area contributed by atoms with E-state index in [1.807, 2.05) is 7.11 Å². The Morgan fingerprint density at radius 1 is 0.800 bits per heavy atom. The van der Waals surface area contributed by atoms with Crippen LogP contribution in [-0.2, 0) is 4.74 Å². The second-order valence-electron chi connectivity index (χ2n) is 5.28. The quantitative estimate of drug-likeness (QED) is 0.547. The molecule has 2 heteroatoms. The summed E-state index contributed by atoms with van der Waals surface area (Å²) in [5.74, 6) is 2.08. The minimum absolute atomic E-state index is 0.571. The molecule has 2 saturated carbocycles. The topological polar surface area (TPSA) is 9.23 Å². The monoisotopic (exact) mass is 322 g/mol. The highest BCUT2D eigenvalue weighted by Crippen LogP contribution is 2.40. The zero-order valence-electron chi connectivity index (χ0n) is 9.75. The lowest BCUT2D eigenvalue weighted by Gasteiger charge is -2.36. The van der Waals surface area contributed by atoms with Crippen molar-refractivity contribution in [3.63, 3.8) is 0 Å². The largest absolute Gasteiger partial charge is 0.381 e. The molecule has 2 rings (SSSR count). The highest BCUT2D eigenvalue weighted by molar-refractivity contribution is 14.1. The molecule has 1 nitrogen and oxygen atoms in total. The molecule has 0 N–H and O–H groups in total. The average molecular weight is 322 g/mol. The maximum atomic E-state index is 5.44. The highest BCUT2D eigenvalue weighted by atomic mass is 127. The number of methoxy groups -OCH3 is 1. The van der Waals surface area contributed by atoms with Crippen LogP contribution in [-0.4, -0.2) is 17.1 Å². The molecule has 15 heavy (non-hydrogen) atoms. The van der Waals surface area contributed by atoms with Crippen LogP contribution in [0.3, 0.4) is 0 Å². The number of ether oxygens (including phenoxy) is 1. The molecule has 0 bridgehead atoms. The van der Waals surface area contributed by atoms with Crippen molar-refractivity contribution in [3.05, 3.63) is 0 Å². The van der Waals surface area contributed by atoms with Crippen LogP contribution in [0, 0.1) is 11.8 Å². The summed E-state index contributed by atoms with van der Waals surface area (Å²) < 4.78 is 6.41. The van der Waals surface area contributed by atoms with E-state index >= 15 is 0 Å². The van der Waals surface area contributed by atoms with Crippen molar-refractivity contribution in [1.82, 2.24) is 0 Å². The van der Waals surface area contributed by atoms with Crippen LogP contribution in [0.25, 0.3) is 0 Å². The van der Waals surface area contributed by atoms with Crippen LogP contribution in [0.4, 0.5) is 0 Å². The molecule has 0 aromatic heterocycles. The number of rotatable bonds is 2. The van der Waals surface area contributed by atoms with E-state index in [1.54, 1.807) is 0 Å². The predicted octanol–water partition coefficient (Wildman–Crippen LogP) is 4.19. The molecule has 0 aromatic carbocycles. The molecule has 2 aliphatic carbocycles. The first-order valence-corrected chi connectivity index (χ1v) is 7.71. The van der Waals surface area contributed by atoms with E-state index < -0.39 is 0 Å². The smallest absolute Gasteiger partial charge is 0.0571 e. The summed E-state index contributed by atoms with van der Waals surface area (Å²) in [5, 5.41) is 0. The third-order valence-corrected chi connectivity index (χ3v) is 5.67. The SMILES string of the molecule is COC1CCC(C2CCC(I)CC2)CC1. The second-order valence-corrected chi connectivity index (χ2v) is 7.05. The Balaban J connectivity index is 1.75. The van der Waals surface area contributed by atoms with Gasteiger partial charge >= 0.3 is 0 Å². The predicted molar refractivity (Wildman–Crippen MR) is 72.5 cm³/mol. The number of hydrogen-bond donors (Lipinski definition) is 0. The third-order valence-electron chi connectivity index (χ3n) is 4.42. The van der Waals surface area contributed by atoms with Gasteiger partial charge in [0.15, 0.2) is 0 Å². The van der Waals surface area contributed by atoms with Crippen LogP contribution < -0.4 is 0 Å². The Morgan fingerprint density at radius 2 is 1.27 bits per heavy atom. The van der Waals surface area contributed by atoms with Gasteiger partial charge in [-0.1, -0.05) is 22.6 Å². The fourth-order valence-electron chi connectivity index (χ4n) is 3.35. The van der Waals surface area contributed by atoms with Crippen molar-refractivity contribution in [3.8, 4) is 0 Å². The van der Waals surface area contributed by atoms with Gasteiger partial charge < -0.3 is 4.74 Å². The van der Waals surface area contributed by atoms with Gasteiger partial charge in [-0.05, 0) is 63.2 Å². The summed E-state index contributed by atoms with van der Waals surface area (Å²) in [6.45, 7) is 0. The molecule has 0 aliphatic heterocycles. The summed E-state index contributed by atoms with van der Waals surface area (Å²) in [5.41, 5.74) is 0. The normalized spacial score (nSPS) is 42.8. The maximum Gasteiger partial charge on any atom is 0.0571 e. The van der Waals surface area contributed by atoms with Gasteiger partial charge in [-0.2, -0.15) is 0 Å². The fourth-order valence-corrected chi connectivity index (χ4v) is 4.06. The molecule has 0 unspecified atom stereocenters. The van der Waals surface area contributed by atoms with E-state index in [4.69, 9.17) is 4.74 Å². The van der Waals surface area contributed by atoms with E-state index in [-0.39, 0.29) is 0 Å². The number of halogens is 1. The summed E-state index contributed by atoms with van der Waals surface area (Å²) >= 11 is 2.63. The lowest BCUT2D eigenvalue weighted by Crippen LogP contribution is -2.28. The molecule has 2 fully saturated rings. The van der Waals surface area contributed by atoms with E-state index in [9.17, 15) is 0 Å². The zero-order chi connectivity index (χ0) is 10.7. The van der Waals surface area contributed by atoms with Crippen LogP contribution in [0.2, 0.25) is 0 Å². The van der Waals surface area contributed by atoms with Crippen molar-refractivity contribution in [2.45, 2.75) is 61.4 Å². The van der Waals surface area contributed by atoms with Crippen molar-refractivity contribution < 1.29 is 4.74 Å². The summed E-state index contributed by atoms with van der Waals surface area (Å²) in [4.78, 5) is 0. The van der Waals surface area contributed by atoms with Gasteiger partial charge in [0, 0.05) is 11.0 Å². The van der Waals surface area contributed by atoms with Gasteiger partial charge in [0.05, 0.1) is 6.10 Å². The zero-order valence-corrected chi connectivity index (χ0v) is 11.9. The first-order chi connectivity index (χ1) is 7.29. The van der Waals surface area contributed by atoms with E-state index in [0.29, 0.717) is 6.10 Å². The highest BCUT2D eigenvalue weighted by Gasteiger charge is 2.29. The van der Waals surface area contributed by atoms with Crippen molar-refractivity contribution >= 4 is 22.6 Å². The van der Waals surface area contributed by atoms with Crippen molar-refractivity contribution in [1.29, 1.82) is 0 Å². The van der Waals surface area contributed by atoms with E-state index in [0.717, 1.165) is 15.8 Å². The van der Waals surface area contributed by atoms with Gasteiger partial charge in [-0.25, -0.2) is 0 Å². The minimum Gasteiger partial charge on any atom is -0.381 e. The lowest BCUT2D eigenvalue weighted by atomic mass is 9.73. The standard InChI is InChI=1S/C13H23IO/c1-15-13-8-4-11(5-9-13)10-2-6-12(14)7-3-10/h10-13H,2-9H2,1H3. The molecule has 2 aliphatic rings. The Morgan fingerprint density at radius 3 is 1.73 bits per heavy atom. The van der Waals surface area contributed by atoms with Gasteiger partial charge in [-0.15, -0.1) is 0 Å². The average Bonchev–Trinajstić information content (AvgIpc) is 2.30. The second kappa shape index (κ2) is 5.85. The van der Waals surface area contributed by atoms with Gasteiger partial charge in [0.25, 0.3) is 0 Å². The molecule has 0 atom stereocenters. The molecule has 0 saturated heterocycles. The molecular weight excluding hydrogens is 299 g/mol. The first-order valence-electron chi connectivity index (χ1n) is 6.46. The molecule has 0 radical (unpaired) electrons. The minimum atomic E-state index is 0.571. The molecule has 88 valence electrons. The van der Waals surface area contributed by atoms with Crippen molar-refractivity contribution in [2.24, 2.45) is 11.8 Å². The number of hydrogen-bond acceptors (Lipinski definition) is 1. The van der Waals surface area contributed by atoms with Crippen LogP contribution in [0.15, 0.2) is 0 Å². The van der Waals surface area contributed by atoms with Gasteiger partial charge in [0.1, 0.15) is 0 Å². The van der Waals surface area contributed by atoms with E-state index in [1.165, 1.54) is 51.4 Å². The van der Waals surface area contributed by atoms with Crippen LogP contribution >= 0.6 is 22.6 Å². The Hall–Kier alpha value is 0.690. The molecule has 0 aromatic rings. The van der Waals surface area contributed by atoms with E-state index in [2.05, 4.69) is 22.6 Å². The molecule has 0 spiro atoms. The van der Waals surface area contributed by atoms with Crippen LogP contribution in [0.1, 0.15) is 51.4 Å². The molecular formula is C13H23IO.